The average Bonchev–Trinajstić information content (AvgIpc) is 2.23. The summed E-state index contributed by atoms with van der Waals surface area (Å²) < 4.78 is 0. The van der Waals surface area contributed by atoms with Crippen LogP contribution in [-0.4, -0.2) is 23.0 Å². The molecule has 0 bridgehead atoms. The van der Waals surface area contributed by atoms with Crippen LogP contribution in [0.4, 0.5) is 11.5 Å². The molecular weight excluding hydrogens is 206 g/mol. The molecule has 1 atom stereocenters. The largest absolute Gasteiger partial charge is 0.398 e. The molecule has 84 valence electrons. The molecule has 0 amide bonds. The third-order valence-electron chi connectivity index (χ3n) is 2.36. The van der Waals surface area contributed by atoms with E-state index in [4.69, 9.17) is 5.73 Å². The van der Waals surface area contributed by atoms with Crippen molar-refractivity contribution in [3.63, 3.8) is 0 Å². The summed E-state index contributed by atoms with van der Waals surface area (Å²) in [5.74, 6) is 1.96. The van der Waals surface area contributed by atoms with Gasteiger partial charge in [0.25, 0.3) is 0 Å². The molecule has 0 spiro atoms. The van der Waals surface area contributed by atoms with Crippen molar-refractivity contribution >= 4 is 23.3 Å². The van der Waals surface area contributed by atoms with Crippen molar-refractivity contribution in [3.05, 3.63) is 17.8 Å². The summed E-state index contributed by atoms with van der Waals surface area (Å²) >= 11 is 1.84. The monoisotopic (exact) mass is 225 g/mol. The van der Waals surface area contributed by atoms with Crippen molar-refractivity contribution in [2.24, 2.45) is 0 Å². The molecule has 0 aliphatic rings. The molecule has 3 nitrogen and oxygen atoms in total. The Morgan fingerprint density at radius 1 is 1.60 bits per heavy atom. The third-order valence-corrected chi connectivity index (χ3v) is 3.09. The minimum absolute atomic E-state index is 0.467. The van der Waals surface area contributed by atoms with Gasteiger partial charge < -0.3 is 11.1 Å². The second-order valence-corrected chi connectivity index (χ2v) is 4.54. The molecule has 1 rings (SSSR count). The highest BCUT2D eigenvalue weighted by molar-refractivity contribution is 7.98. The van der Waals surface area contributed by atoms with Gasteiger partial charge in [-0.3, -0.25) is 0 Å². The first-order valence-corrected chi connectivity index (χ1v) is 6.54. The number of nitrogens with zero attached hydrogens (tertiary/aromatic N) is 1. The molecule has 0 aliphatic carbocycles. The molecular formula is C11H19N3S. The highest BCUT2D eigenvalue weighted by atomic mass is 32.2. The molecule has 3 N–H and O–H groups in total. The summed E-state index contributed by atoms with van der Waals surface area (Å²) in [5.41, 5.74) is 7.65. The summed E-state index contributed by atoms with van der Waals surface area (Å²) in [5, 5.41) is 3.39. The number of rotatable bonds is 5. The topological polar surface area (TPSA) is 50.9 Å². The molecule has 0 fully saturated rings. The zero-order valence-electron chi connectivity index (χ0n) is 9.58. The van der Waals surface area contributed by atoms with Crippen LogP contribution in [0, 0.1) is 6.92 Å². The van der Waals surface area contributed by atoms with Crippen molar-refractivity contribution in [1.82, 2.24) is 4.98 Å². The molecule has 0 radical (unpaired) electrons. The van der Waals surface area contributed by atoms with Crippen molar-refractivity contribution in [2.75, 3.05) is 23.1 Å². The van der Waals surface area contributed by atoms with E-state index in [0.29, 0.717) is 6.04 Å². The van der Waals surface area contributed by atoms with E-state index in [1.807, 2.05) is 30.9 Å². The van der Waals surface area contributed by atoms with E-state index in [0.717, 1.165) is 29.2 Å². The predicted octanol–water partition coefficient (Wildman–Crippen LogP) is 2.53. The highest BCUT2D eigenvalue weighted by Crippen LogP contribution is 2.15. The van der Waals surface area contributed by atoms with E-state index in [1.54, 1.807) is 0 Å². The second kappa shape index (κ2) is 5.85. The number of anilines is 2. The van der Waals surface area contributed by atoms with Crippen LogP contribution in [0.3, 0.4) is 0 Å². The Hall–Kier alpha value is -0.900. The number of nitrogens with two attached hydrogens (primary N) is 1. The Kier molecular flexibility index (Phi) is 4.75. The molecule has 1 aromatic heterocycles. The number of pyridine rings is 1. The molecule has 0 saturated carbocycles. The second-order valence-electron chi connectivity index (χ2n) is 3.63. The molecule has 1 heterocycles. The number of aromatic nitrogens is 1. The summed E-state index contributed by atoms with van der Waals surface area (Å²) in [4.78, 5) is 4.31. The van der Waals surface area contributed by atoms with E-state index in [1.165, 1.54) is 0 Å². The summed E-state index contributed by atoms with van der Waals surface area (Å²) in [6.07, 6.45) is 5.01. The Balaban J connectivity index is 2.66. The molecule has 4 heteroatoms. The van der Waals surface area contributed by atoms with Crippen LogP contribution in [0.15, 0.2) is 12.3 Å². The van der Waals surface area contributed by atoms with E-state index in [9.17, 15) is 0 Å². The van der Waals surface area contributed by atoms with E-state index in [-0.39, 0.29) is 0 Å². The lowest BCUT2D eigenvalue weighted by molar-refractivity contribution is 0.770. The van der Waals surface area contributed by atoms with Crippen LogP contribution < -0.4 is 11.1 Å². The summed E-state index contributed by atoms with van der Waals surface area (Å²) in [7, 11) is 0. The van der Waals surface area contributed by atoms with Gasteiger partial charge in [0.05, 0.1) is 0 Å². The van der Waals surface area contributed by atoms with Gasteiger partial charge in [-0.15, -0.1) is 0 Å². The number of hydrogen-bond acceptors (Lipinski definition) is 4. The third kappa shape index (κ3) is 3.63. The fraction of sp³-hybridized carbons (Fsp3) is 0.545. The lowest BCUT2D eigenvalue weighted by Gasteiger charge is -2.16. The van der Waals surface area contributed by atoms with Gasteiger partial charge in [0.2, 0.25) is 0 Å². The van der Waals surface area contributed by atoms with Gasteiger partial charge in [-0.25, -0.2) is 4.98 Å². The van der Waals surface area contributed by atoms with Crippen molar-refractivity contribution in [1.29, 1.82) is 0 Å². The quantitative estimate of drug-likeness (QED) is 0.808. The van der Waals surface area contributed by atoms with Gasteiger partial charge in [-0.2, -0.15) is 11.8 Å². The van der Waals surface area contributed by atoms with Gasteiger partial charge in [-0.1, -0.05) is 6.92 Å². The smallest absolute Gasteiger partial charge is 0.128 e. The Morgan fingerprint density at radius 3 is 2.87 bits per heavy atom. The lowest BCUT2D eigenvalue weighted by atomic mass is 10.2. The first-order valence-electron chi connectivity index (χ1n) is 5.15. The highest BCUT2D eigenvalue weighted by Gasteiger charge is 2.06. The fourth-order valence-corrected chi connectivity index (χ4v) is 2.01. The molecule has 1 unspecified atom stereocenters. The van der Waals surface area contributed by atoms with Gasteiger partial charge in [0.1, 0.15) is 5.82 Å². The van der Waals surface area contributed by atoms with Gasteiger partial charge in [-0.05, 0) is 25.2 Å². The van der Waals surface area contributed by atoms with Crippen molar-refractivity contribution < 1.29 is 0 Å². The van der Waals surface area contributed by atoms with E-state index >= 15 is 0 Å². The van der Waals surface area contributed by atoms with Crippen LogP contribution in [0.1, 0.15) is 18.9 Å². The maximum absolute atomic E-state index is 5.83. The first-order chi connectivity index (χ1) is 7.17. The standard InChI is InChI=1S/C11H19N3S/c1-4-9(7-15-3)14-11-5-10(12)8(2)6-13-11/h5-6,9H,4,7H2,1-3H3,(H3,12,13,14). The van der Waals surface area contributed by atoms with Gasteiger partial charge >= 0.3 is 0 Å². The number of nitrogens with one attached hydrogen (secondary N) is 1. The molecule has 0 aromatic carbocycles. The number of nitrogen functional groups attached to an aromatic ring is 1. The van der Waals surface area contributed by atoms with Crippen LogP contribution in [-0.2, 0) is 0 Å². The Labute approximate surface area is 95.9 Å². The Morgan fingerprint density at radius 2 is 2.33 bits per heavy atom. The predicted molar refractivity (Wildman–Crippen MR) is 69.5 cm³/mol. The van der Waals surface area contributed by atoms with Crippen LogP contribution in [0.2, 0.25) is 0 Å². The maximum Gasteiger partial charge on any atom is 0.128 e. The fourth-order valence-electron chi connectivity index (χ4n) is 1.29. The lowest BCUT2D eigenvalue weighted by Crippen LogP contribution is -2.21. The number of hydrogen-bond donors (Lipinski definition) is 2. The SMILES string of the molecule is CCC(CSC)Nc1cc(N)c(C)cn1. The van der Waals surface area contributed by atoms with E-state index in [2.05, 4.69) is 23.5 Å². The normalized spacial score (nSPS) is 12.5. The number of aryl methyl sites for hydroxylation is 1. The maximum atomic E-state index is 5.83. The van der Waals surface area contributed by atoms with Crippen molar-refractivity contribution in [2.45, 2.75) is 26.3 Å². The molecule has 0 aliphatic heterocycles. The molecule has 15 heavy (non-hydrogen) atoms. The van der Waals surface area contributed by atoms with Crippen LogP contribution >= 0.6 is 11.8 Å². The van der Waals surface area contributed by atoms with Crippen molar-refractivity contribution in [3.8, 4) is 0 Å². The minimum atomic E-state index is 0.467. The molecule has 1 aromatic rings. The van der Waals surface area contributed by atoms with Gasteiger partial charge in [0, 0.05) is 29.7 Å². The average molecular weight is 225 g/mol. The number of thioether (sulfide) groups is 1. The van der Waals surface area contributed by atoms with E-state index < -0.39 is 0 Å². The van der Waals surface area contributed by atoms with Gasteiger partial charge in [0.15, 0.2) is 0 Å². The summed E-state index contributed by atoms with van der Waals surface area (Å²) in [6, 6.07) is 2.37. The minimum Gasteiger partial charge on any atom is -0.398 e. The summed E-state index contributed by atoms with van der Waals surface area (Å²) in [6.45, 7) is 4.14. The zero-order chi connectivity index (χ0) is 11.3. The Bertz CT molecular complexity index is 315. The van der Waals surface area contributed by atoms with Crippen LogP contribution in [0.5, 0.6) is 0 Å². The first kappa shape index (κ1) is 12.2. The molecule has 0 saturated heterocycles. The zero-order valence-corrected chi connectivity index (χ0v) is 10.4. The van der Waals surface area contributed by atoms with Crippen LogP contribution in [0.25, 0.3) is 0 Å².